The van der Waals surface area contributed by atoms with Gasteiger partial charge in [0.15, 0.2) is 0 Å². The number of aromatic nitrogens is 2. The molecule has 0 fully saturated rings. The molecule has 0 bridgehead atoms. The number of rotatable bonds is 6. The summed E-state index contributed by atoms with van der Waals surface area (Å²) < 4.78 is 33.3. The molecular formula is C22H22ClN3O4S. The second-order valence-electron chi connectivity index (χ2n) is 7.85. The van der Waals surface area contributed by atoms with Gasteiger partial charge in [0.1, 0.15) is 5.69 Å². The van der Waals surface area contributed by atoms with Gasteiger partial charge in [-0.1, -0.05) is 44.5 Å². The highest BCUT2D eigenvalue weighted by molar-refractivity contribution is 7.92. The first-order valence-electron chi connectivity index (χ1n) is 9.35. The van der Waals surface area contributed by atoms with Gasteiger partial charge in [-0.25, -0.2) is 18.4 Å². The lowest BCUT2D eigenvalue weighted by Crippen LogP contribution is -2.18. The molecule has 0 aliphatic rings. The molecule has 9 heteroatoms. The monoisotopic (exact) mass is 459 g/mol. The molecule has 1 aromatic carbocycles. The van der Waals surface area contributed by atoms with Crippen molar-refractivity contribution in [3.63, 3.8) is 0 Å². The van der Waals surface area contributed by atoms with Crippen molar-refractivity contribution in [2.24, 2.45) is 0 Å². The summed E-state index contributed by atoms with van der Waals surface area (Å²) in [6, 6.07) is 11.0. The molecule has 0 saturated carbocycles. The molecule has 2 heterocycles. The molecule has 1 N–H and O–H groups in total. The zero-order chi connectivity index (χ0) is 22.8. The van der Waals surface area contributed by atoms with Gasteiger partial charge in [-0.15, -0.1) is 0 Å². The van der Waals surface area contributed by atoms with Crippen LogP contribution in [0.2, 0.25) is 5.02 Å². The number of nitrogens with zero attached hydrogens (tertiary/aromatic N) is 2. The fourth-order valence-corrected chi connectivity index (χ4v) is 4.02. The number of ketones is 1. The number of carbonyl (C=O) groups is 1. The van der Waals surface area contributed by atoms with Crippen LogP contribution in [0.1, 0.15) is 42.4 Å². The molecule has 0 spiro atoms. The maximum atomic E-state index is 12.9. The van der Waals surface area contributed by atoms with Crippen molar-refractivity contribution in [1.29, 1.82) is 0 Å². The molecule has 2 aromatic heterocycles. The number of hydrogen-bond acceptors (Lipinski definition) is 6. The highest BCUT2D eigenvalue weighted by Gasteiger charge is 2.22. The smallest absolute Gasteiger partial charge is 0.261 e. The molecule has 31 heavy (non-hydrogen) atoms. The van der Waals surface area contributed by atoms with E-state index in [9.17, 15) is 13.2 Å². The van der Waals surface area contributed by atoms with Gasteiger partial charge in [-0.05, 0) is 35.2 Å². The van der Waals surface area contributed by atoms with Crippen LogP contribution in [-0.2, 0) is 15.4 Å². The first-order valence-corrected chi connectivity index (χ1v) is 11.2. The molecule has 0 amide bonds. The van der Waals surface area contributed by atoms with Gasteiger partial charge < -0.3 is 4.74 Å². The number of halogens is 1. The van der Waals surface area contributed by atoms with Crippen LogP contribution in [0, 0.1) is 0 Å². The van der Waals surface area contributed by atoms with Gasteiger partial charge in [0, 0.05) is 24.0 Å². The second kappa shape index (κ2) is 8.64. The molecule has 162 valence electrons. The van der Waals surface area contributed by atoms with Crippen LogP contribution in [-0.4, -0.2) is 31.3 Å². The number of ether oxygens (including phenoxy) is 1. The Labute approximate surface area is 186 Å². The van der Waals surface area contributed by atoms with Gasteiger partial charge in [0.25, 0.3) is 10.0 Å². The minimum absolute atomic E-state index is 0.0202. The van der Waals surface area contributed by atoms with Gasteiger partial charge in [0.2, 0.25) is 11.7 Å². The van der Waals surface area contributed by atoms with E-state index in [-0.39, 0.29) is 32.3 Å². The molecule has 0 aliphatic heterocycles. The van der Waals surface area contributed by atoms with E-state index in [2.05, 4.69) is 14.7 Å². The number of carbonyl (C=O) groups excluding carboxylic acids is 1. The topological polar surface area (TPSA) is 98.2 Å². The average molecular weight is 460 g/mol. The largest absolute Gasteiger partial charge is 0.481 e. The van der Waals surface area contributed by atoms with Crippen molar-refractivity contribution >= 4 is 33.1 Å². The average Bonchev–Trinajstić information content (AvgIpc) is 2.73. The summed E-state index contributed by atoms with van der Waals surface area (Å²) in [6.45, 7) is 6.12. The van der Waals surface area contributed by atoms with Crippen molar-refractivity contribution in [3.8, 4) is 5.88 Å². The summed E-state index contributed by atoms with van der Waals surface area (Å²) in [5, 5.41) is 0.185. The molecule has 0 saturated heterocycles. The maximum absolute atomic E-state index is 12.9. The van der Waals surface area contributed by atoms with E-state index >= 15 is 0 Å². The summed E-state index contributed by atoms with van der Waals surface area (Å²) in [5.41, 5.74) is 1.00. The fraction of sp³-hybridized carbons (Fsp3) is 0.227. The van der Waals surface area contributed by atoms with Crippen LogP contribution in [0.25, 0.3) is 0 Å². The second-order valence-corrected chi connectivity index (χ2v) is 9.97. The summed E-state index contributed by atoms with van der Waals surface area (Å²) >= 11 is 6.02. The van der Waals surface area contributed by atoms with Crippen molar-refractivity contribution < 1.29 is 17.9 Å². The van der Waals surface area contributed by atoms with E-state index in [1.54, 1.807) is 12.1 Å². The Morgan fingerprint density at radius 3 is 2.26 bits per heavy atom. The quantitative estimate of drug-likeness (QED) is 0.546. The van der Waals surface area contributed by atoms with Crippen LogP contribution < -0.4 is 9.46 Å². The first-order chi connectivity index (χ1) is 14.5. The third-order valence-corrected chi connectivity index (χ3v) is 6.14. The molecule has 0 radical (unpaired) electrons. The van der Waals surface area contributed by atoms with Crippen molar-refractivity contribution in [1.82, 2.24) is 9.97 Å². The molecule has 0 unspecified atom stereocenters. The van der Waals surface area contributed by atoms with Crippen LogP contribution in [0.3, 0.4) is 0 Å². The highest BCUT2D eigenvalue weighted by atomic mass is 35.5. The zero-order valence-corrected chi connectivity index (χ0v) is 19.1. The van der Waals surface area contributed by atoms with Gasteiger partial charge in [0.05, 0.1) is 22.7 Å². The van der Waals surface area contributed by atoms with Gasteiger partial charge >= 0.3 is 0 Å². The van der Waals surface area contributed by atoms with E-state index in [0.29, 0.717) is 5.88 Å². The summed E-state index contributed by atoms with van der Waals surface area (Å²) in [6.07, 6.45) is 2.61. The van der Waals surface area contributed by atoms with Crippen molar-refractivity contribution in [2.45, 2.75) is 31.1 Å². The number of nitrogens with one attached hydrogen (secondary N) is 1. The summed E-state index contributed by atoms with van der Waals surface area (Å²) in [7, 11) is -2.51. The molecule has 3 rings (SSSR count). The molecule has 0 aliphatic carbocycles. The van der Waals surface area contributed by atoms with E-state index in [1.807, 2.05) is 20.8 Å². The normalized spacial score (nSPS) is 11.8. The molecule has 7 nitrogen and oxygen atoms in total. The van der Waals surface area contributed by atoms with E-state index in [1.165, 1.54) is 49.8 Å². The van der Waals surface area contributed by atoms with Crippen molar-refractivity contribution in [2.75, 3.05) is 11.8 Å². The highest BCUT2D eigenvalue weighted by Crippen LogP contribution is 2.27. The van der Waals surface area contributed by atoms with E-state index in [4.69, 9.17) is 16.3 Å². The number of anilines is 1. The van der Waals surface area contributed by atoms with E-state index in [0.717, 1.165) is 5.56 Å². The fourth-order valence-electron chi connectivity index (χ4n) is 2.81. The molecule has 0 atom stereocenters. The summed E-state index contributed by atoms with van der Waals surface area (Å²) in [4.78, 5) is 21.1. The van der Waals surface area contributed by atoms with Gasteiger partial charge in [-0.2, -0.15) is 0 Å². The Hall–Kier alpha value is -2.97. The third kappa shape index (κ3) is 5.21. The van der Waals surface area contributed by atoms with Crippen molar-refractivity contribution in [3.05, 3.63) is 76.7 Å². The minimum atomic E-state index is -3.98. The Morgan fingerprint density at radius 2 is 1.71 bits per heavy atom. The number of benzene rings is 1. The first kappa shape index (κ1) is 22.7. The Morgan fingerprint density at radius 1 is 1.03 bits per heavy atom. The molecule has 3 aromatic rings. The van der Waals surface area contributed by atoms with Crippen LogP contribution in [0.5, 0.6) is 5.88 Å². The Balaban J connectivity index is 1.95. The van der Waals surface area contributed by atoms with Gasteiger partial charge in [-0.3, -0.25) is 9.52 Å². The Bertz CT molecular complexity index is 1200. The lowest BCUT2D eigenvalue weighted by molar-refractivity contribution is 0.103. The lowest BCUT2D eigenvalue weighted by atomic mass is 9.87. The SMILES string of the molecule is COc1ccc(C(=O)c2ncc(Cl)cc2NS(=O)(=O)c2ccc(C(C)(C)C)cc2)cn1. The Kier molecular flexibility index (Phi) is 6.33. The van der Waals surface area contributed by atoms with E-state index < -0.39 is 15.8 Å². The third-order valence-electron chi connectivity index (χ3n) is 4.55. The van der Waals surface area contributed by atoms with Crippen LogP contribution >= 0.6 is 11.6 Å². The molecular weight excluding hydrogens is 438 g/mol. The number of pyridine rings is 2. The lowest BCUT2D eigenvalue weighted by Gasteiger charge is -2.19. The summed E-state index contributed by atoms with van der Waals surface area (Å²) in [5.74, 6) is -0.159. The number of sulfonamides is 1. The zero-order valence-electron chi connectivity index (χ0n) is 17.5. The van der Waals surface area contributed by atoms with Crippen LogP contribution in [0.4, 0.5) is 5.69 Å². The standard InChI is InChI=1S/C22H22ClN3O4S/c1-22(2,3)15-6-8-17(9-7-15)31(28,29)26-18-11-16(23)13-25-20(18)21(27)14-5-10-19(30-4)24-12-14/h5-13,26H,1-4H3. The number of methoxy groups -OCH3 is 1. The predicted octanol–water partition coefficient (Wildman–Crippen LogP) is 4.47. The maximum Gasteiger partial charge on any atom is 0.261 e. The number of hydrogen-bond donors (Lipinski definition) is 1. The van der Waals surface area contributed by atoms with Crippen LogP contribution in [0.15, 0.2) is 59.8 Å². The predicted molar refractivity (Wildman–Crippen MR) is 119 cm³/mol. The minimum Gasteiger partial charge on any atom is -0.481 e.